The van der Waals surface area contributed by atoms with Gasteiger partial charge in [-0.25, -0.2) is 13.8 Å². The molecule has 3 aromatic heterocycles. The van der Waals surface area contributed by atoms with Gasteiger partial charge in [0.1, 0.15) is 11.4 Å². The van der Waals surface area contributed by atoms with E-state index in [1.165, 1.54) is 35.5 Å². The second kappa shape index (κ2) is 5.68. The summed E-state index contributed by atoms with van der Waals surface area (Å²) in [6, 6.07) is 3.45. The van der Waals surface area contributed by atoms with Gasteiger partial charge in [0, 0.05) is 18.6 Å². The fourth-order valence-electron chi connectivity index (χ4n) is 1.87. The van der Waals surface area contributed by atoms with Crippen LogP contribution in [-0.4, -0.2) is 20.7 Å². The third-order valence-corrected chi connectivity index (χ3v) is 3.56. The number of nitrogens with zero attached hydrogens (tertiary/aromatic N) is 3. The summed E-state index contributed by atoms with van der Waals surface area (Å²) in [5.41, 5.74) is -0.166. The molecule has 0 fully saturated rings. The second-order valence-electron chi connectivity index (χ2n) is 4.37. The van der Waals surface area contributed by atoms with Crippen molar-refractivity contribution in [2.45, 2.75) is 6.43 Å². The van der Waals surface area contributed by atoms with Crippen molar-refractivity contribution in [3.63, 3.8) is 0 Å². The highest BCUT2D eigenvalue weighted by atomic mass is 32.1. The summed E-state index contributed by atoms with van der Waals surface area (Å²) >= 11 is 1.17. The molecule has 0 saturated heterocycles. The Morgan fingerprint density at radius 3 is 3.00 bits per heavy atom. The molecule has 114 valence electrons. The SMILES string of the molecule is Cn1cc(C(=O)Nc2nc(-c3ccco3)cs2)c(C(F)F)n1. The average molecular weight is 324 g/mol. The molecule has 0 aliphatic rings. The molecule has 0 unspecified atom stereocenters. The van der Waals surface area contributed by atoms with Gasteiger partial charge in [-0.1, -0.05) is 0 Å². The molecule has 0 atom stereocenters. The van der Waals surface area contributed by atoms with Crippen LogP contribution >= 0.6 is 11.3 Å². The largest absolute Gasteiger partial charge is 0.463 e. The number of nitrogens with one attached hydrogen (secondary N) is 1. The quantitative estimate of drug-likeness (QED) is 0.799. The van der Waals surface area contributed by atoms with Gasteiger partial charge in [0.25, 0.3) is 12.3 Å². The number of rotatable bonds is 4. The lowest BCUT2D eigenvalue weighted by molar-refractivity contribution is 0.101. The van der Waals surface area contributed by atoms with Gasteiger partial charge < -0.3 is 4.42 Å². The van der Waals surface area contributed by atoms with Crippen LogP contribution in [-0.2, 0) is 7.05 Å². The number of hydrogen-bond donors (Lipinski definition) is 1. The van der Waals surface area contributed by atoms with E-state index in [9.17, 15) is 13.6 Å². The summed E-state index contributed by atoms with van der Waals surface area (Å²) in [5.74, 6) is -0.116. The van der Waals surface area contributed by atoms with Gasteiger partial charge in [0.15, 0.2) is 10.9 Å². The van der Waals surface area contributed by atoms with Crippen LogP contribution in [0.25, 0.3) is 11.5 Å². The topological polar surface area (TPSA) is 73.0 Å². The zero-order chi connectivity index (χ0) is 15.7. The van der Waals surface area contributed by atoms with Crippen molar-refractivity contribution in [1.29, 1.82) is 0 Å². The first-order chi connectivity index (χ1) is 10.5. The minimum atomic E-state index is -2.82. The van der Waals surface area contributed by atoms with Crippen molar-refractivity contribution in [1.82, 2.24) is 14.8 Å². The monoisotopic (exact) mass is 324 g/mol. The van der Waals surface area contributed by atoms with E-state index in [1.807, 2.05) is 0 Å². The van der Waals surface area contributed by atoms with Gasteiger partial charge in [-0.2, -0.15) is 5.10 Å². The Labute approximate surface area is 127 Å². The van der Waals surface area contributed by atoms with E-state index < -0.39 is 18.0 Å². The number of carbonyl (C=O) groups is 1. The van der Waals surface area contributed by atoms with Gasteiger partial charge >= 0.3 is 0 Å². The van der Waals surface area contributed by atoms with Gasteiger partial charge in [-0.05, 0) is 12.1 Å². The Morgan fingerprint density at radius 2 is 2.32 bits per heavy atom. The predicted molar refractivity (Wildman–Crippen MR) is 75.9 cm³/mol. The third-order valence-electron chi connectivity index (χ3n) is 2.81. The van der Waals surface area contributed by atoms with Crippen LogP contribution in [0.3, 0.4) is 0 Å². The fourth-order valence-corrected chi connectivity index (χ4v) is 2.57. The molecule has 0 radical (unpaired) electrons. The Kier molecular flexibility index (Phi) is 3.72. The van der Waals surface area contributed by atoms with Gasteiger partial charge in [-0.3, -0.25) is 14.8 Å². The van der Waals surface area contributed by atoms with Crippen LogP contribution in [0.1, 0.15) is 22.5 Å². The molecule has 22 heavy (non-hydrogen) atoms. The summed E-state index contributed by atoms with van der Waals surface area (Å²) in [6.45, 7) is 0. The van der Waals surface area contributed by atoms with Crippen molar-refractivity contribution in [3.05, 3.63) is 41.2 Å². The molecule has 0 bridgehead atoms. The van der Waals surface area contributed by atoms with Crippen LogP contribution in [0.4, 0.5) is 13.9 Å². The molecular formula is C13H10F2N4O2S. The normalized spacial score (nSPS) is 11.1. The molecule has 6 nitrogen and oxygen atoms in total. The van der Waals surface area contributed by atoms with E-state index in [4.69, 9.17) is 4.42 Å². The molecule has 3 aromatic rings. The van der Waals surface area contributed by atoms with E-state index in [-0.39, 0.29) is 5.56 Å². The predicted octanol–water partition coefficient (Wildman–Crippen LogP) is 3.33. The van der Waals surface area contributed by atoms with Crippen LogP contribution in [0.5, 0.6) is 0 Å². The van der Waals surface area contributed by atoms with Crippen molar-refractivity contribution in [2.75, 3.05) is 5.32 Å². The van der Waals surface area contributed by atoms with E-state index in [2.05, 4.69) is 15.4 Å². The summed E-state index contributed by atoms with van der Waals surface area (Å²) in [4.78, 5) is 16.3. The second-order valence-corrected chi connectivity index (χ2v) is 5.23. The van der Waals surface area contributed by atoms with Gasteiger partial charge in [-0.15, -0.1) is 11.3 Å². The van der Waals surface area contributed by atoms with Gasteiger partial charge in [0.05, 0.1) is 11.8 Å². The Bertz CT molecular complexity index is 795. The lowest BCUT2D eigenvalue weighted by atomic mass is 10.2. The van der Waals surface area contributed by atoms with E-state index >= 15 is 0 Å². The number of thiazole rings is 1. The molecule has 1 amide bonds. The number of aryl methyl sites for hydroxylation is 1. The Morgan fingerprint density at radius 1 is 1.50 bits per heavy atom. The fraction of sp³-hybridized carbons (Fsp3) is 0.154. The highest BCUT2D eigenvalue weighted by Crippen LogP contribution is 2.26. The number of hydrogen-bond acceptors (Lipinski definition) is 5. The molecule has 0 aliphatic heterocycles. The molecular weight excluding hydrogens is 314 g/mol. The van der Waals surface area contributed by atoms with Crippen LogP contribution in [0.15, 0.2) is 34.4 Å². The van der Waals surface area contributed by atoms with Crippen molar-refractivity contribution < 1.29 is 18.0 Å². The maximum atomic E-state index is 12.8. The zero-order valence-electron chi connectivity index (χ0n) is 11.3. The van der Waals surface area contributed by atoms with E-state index in [0.29, 0.717) is 16.6 Å². The minimum Gasteiger partial charge on any atom is -0.463 e. The number of furan rings is 1. The van der Waals surface area contributed by atoms with Crippen LogP contribution in [0, 0.1) is 0 Å². The highest BCUT2D eigenvalue weighted by molar-refractivity contribution is 7.14. The molecule has 0 spiro atoms. The average Bonchev–Trinajstić information content (AvgIpc) is 3.16. The molecule has 3 rings (SSSR count). The minimum absolute atomic E-state index is 0.174. The Hall–Kier alpha value is -2.55. The number of halogens is 2. The van der Waals surface area contributed by atoms with Crippen LogP contribution in [0.2, 0.25) is 0 Å². The lowest BCUT2D eigenvalue weighted by Crippen LogP contribution is -2.13. The van der Waals surface area contributed by atoms with E-state index in [1.54, 1.807) is 17.5 Å². The smallest absolute Gasteiger partial charge is 0.282 e. The Balaban J connectivity index is 1.80. The number of carbonyl (C=O) groups excluding carboxylic acids is 1. The number of amides is 1. The van der Waals surface area contributed by atoms with E-state index in [0.717, 1.165) is 0 Å². The summed E-state index contributed by atoms with van der Waals surface area (Å²) in [6.07, 6.45) is -0.0630. The standard InChI is InChI=1S/C13H10F2N4O2S/c1-19-5-7(10(18-19)11(14)15)12(20)17-13-16-8(6-22-13)9-3-2-4-21-9/h2-6,11H,1H3,(H,16,17,20). The first kappa shape index (κ1) is 14.4. The van der Waals surface area contributed by atoms with Gasteiger partial charge in [0.2, 0.25) is 0 Å². The molecule has 0 aromatic carbocycles. The summed E-state index contributed by atoms with van der Waals surface area (Å²) in [7, 11) is 1.47. The van der Waals surface area contributed by atoms with Crippen molar-refractivity contribution in [3.8, 4) is 11.5 Å². The highest BCUT2D eigenvalue weighted by Gasteiger charge is 2.23. The molecule has 3 heterocycles. The number of aromatic nitrogens is 3. The first-order valence-corrected chi connectivity index (χ1v) is 7.05. The lowest BCUT2D eigenvalue weighted by Gasteiger charge is -2.01. The van der Waals surface area contributed by atoms with Crippen molar-refractivity contribution in [2.24, 2.45) is 7.05 Å². The third kappa shape index (κ3) is 2.75. The first-order valence-electron chi connectivity index (χ1n) is 6.17. The number of anilines is 1. The number of alkyl halides is 2. The molecule has 9 heteroatoms. The maximum Gasteiger partial charge on any atom is 0.282 e. The summed E-state index contributed by atoms with van der Waals surface area (Å²) < 4.78 is 32.1. The molecule has 0 saturated carbocycles. The zero-order valence-corrected chi connectivity index (χ0v) is 12.1. The molecule has 1 N–H and O–H groups in total. The van der Waals surface area contributed by atoms with Crippen LogP contribution < -0.4 is 5.32 Å². The summed E-state index contributed by atoms with van der Waals surface area (Å²) in [5, 5.41) is 8.07. The maximum absolute atomic E-state index is 12.8. The van der Waals surface area contributed by atoms with Crippen molar-refractivity contribution >= 4 is 22.4 Å². The molecule has 0 aliphatic carbocycles.